The first kappa shape index (κ1) is 14.8. The van der Waals surface area contributed by atoms with Gasteiger partial charge in [0.2, 0.25) is 5.89 Å². The fourth-order valence-corrected chi connectivity index (χ4v) is 2.77. The van der Waals surface area contributed by atoms with Crippen molar-refractivity contribution < 1.29 is 22.7 Å². The number of aliphatic hydroxyl groups is 1. The zero-order chi connectivity index (χ0) is 15.9. The minimum atomic E-state index is -4.46. The van der Waals surface area contributed by atoms with Crippen LogP contribution < -0.4 is 4.90 Å². The molecular weight excluding hydrogens is 299 g/mol. The van der Waals surface area contributed by atoms with E-state index in [1.807, 2.05) is 0 Å². The summed E-state index contributed by atoms with van der Waals surface area (Å²) in [6.45, 7) is 1.75. The Labute approximate surface area is 124 Å². The molecule has 0 spiro atoms. The van der Waals surface area contributed by atoms with Crippen molar-refractivity contribution in [3.8, 4) is 0 Å². The average Bonchev–Trinajstić information content (AvgIpc) is 3.04. The van der Waals surface area contributed by atoms with Crippen LogP contribution in [0.15, 0.2) is 28.7 Å². The van der Waals surface area contributed by atoms with E-state index in [0.29, 0.717) is 5.89 Å². The molecule has 2 heterocycles. The number of anilines is 1. The predicted molar refractivity (Wildman–Crippen MR) is 71.2 cm³/mol. The monoisotopic (exact) mass is 313 g/mol. The highest BCUT2D eigenvalue weighted by Gasteiger charge is 2.41. The number of hydrogen-bond acceptors (Lipinski definition) is 5. The van der Waals surface area contributed by atoms with Gasteiger partial charge < -0.3 is 14.4 Å². The lowest BCUT2D eigenvalue weighted by molar-refractivity contribution is -0.138. The van der Waals surface area contributed by atoms with Gasteiger partial charge in [0, 0.05) is 13.5 Å². The second-order valence-electron chi connectivity index (χ2n) is 5.25. The van der Waals surface area contributed by atoms with E-state index in [-0.39, 0.29) is 24.5 Å². The summed E-state index contributed by atoms with van der Waals surface area (Å²) < 4.78 is 44.9. The maximum Gasteiger partial charge on any atom is 0.416 e. The smallest absolute Gasteiger partial charge is 0.408 e. The van der Waals surface area contributed by atoms with Gasteiger partial charge >= 0.3 is 12.2 Å². The van der Waals surface area contributed by atoms with Crippen molar-refractivity contribution in [2.45, 2.75) is 31.7 Å². The average molecular weight is 313 g/mol. The third-order valence-corrected chi connectivity index (χ3v) is 3.67. The van der Waals surface area contributed by atoms with Crippen molar-refractivity contribution >= 4 is 6.01 Å². The number of benzene rings is 1. The molecule has 0 bridgehead atoms. The molecule has 0 aliphatic carbocycles. The van der Waals surface area contributed by atoms with E-state index < -0.39 is 23.9 Å². The highest BCUT2D eigenvalue weighted by Crippen LogP contribution is 2.41. The lowest BCUT2D eigenvalue weighted by Crippen LogP contribution is -2.26. The van der Waals surface area contributed by atoms with Crippen LogP contribution in [0.5, 0.6) is 0 Å². The fraction of sp³-hybridized carbons (Fsp3) is 0.429. The molecule has 1 saturated heterocycles. The summed E-state index contributed by atoms with van der Waals surface area (Å²) in [4.78, 5) is 1.52. The van der Waals surface area contributed by atoms with Crippen LogP contribution in [-0.2, 0) is 6.18 Å². The third-order valence-electron chi connectivity index (χ3n) is 3.67. The van der Waals surface area contributed by atoms with Gasteiger partial charge in [-0.3, -0.25) is 0 Å². The molecule has 1 aliphatic rings. The molecule has 0 unspecified atom stereocenters. The Bertz CT molecular complexity index is 671. The molecule has 118 valence electrons. The molecule has 0 amide bonds. The van der Waals surface area contributed by atoms with E-state index in [1.54, 1.807) is 13.0 Å². The van der Waals surface area contributed by atoms with Crippen LogP contribution in [0.3, 0.4) is 0 Å². The quantitative estimate of drug-likeness (QED) is 0.923. The van der Waals surface area contributed by atoms with Crippen LogP contribution in [0.25, 0.3) is 0 Å². The van der Waals surface area contributed by atoms with Crippen LogP contribution in [-0.4, -0.2) is 28.0 Å². The van der Waals surface area contributed by atoms with E-state index in [1.165, 1.54) is 17.0 Å². The summed E-state index contributed by atoms with van der Waals surface area (Å²) in [6, 6.07) is 4.81. The number of rotatable bonds is 2. The molecular formula is C14H14F3N3O2. The molecule has 22 heavy (non-hydrogen) atoms. The molecule has 0 saturated carbocycles. The van der Waals surface area contributed by atoms with E-state index >= 15 is 0 Å². The minimum Gasteiger partial charge on any atom is -0.408 e. The molecule has 2 aromatic rings. The molecule has 3 rings (SSSR count). The number of aromatic nitrogens is 2. The summed E-state index contributed by atoms with van der Waals surface area (Å²) in [5.41, 5.74) is -0.613. The van der Waals surface area contributed by atoms with Gasteiger partial charge in [0.1, 0.15) is 0 Å². The molecule has 5 nitrogen and oxygen atoms in total. The lowest BCUT2D eigenvalue weighted by atomic mass is 9.98. The Hall–Kier alpha value is -2.09. The maximum absolute atomic E-state index is 13.2. The van der Waals surface area contributed by atoms with Gasteiger partial charge in [-0.2, -0.15) is 13.2 Å². The van der Waals surface area contributed by atoms with Gasteiger partial charge in [0.15, 0.2) is 0 Å². The van der Waals surface area contributed by atoms with Gasteiger partial charge in [-0.25, -0.2) is 0 Å². The predicted octanol–water partition coefficient (Wildman–Crippen LogP) is 2.71. The highest BCUT2D eigenvalue weighted by atomic mass is 19.4. The Morgan fingerprint density at radius 3 is 2.64 bits per heavy atom. The Morgan fingerprint density at radius 1 is 1.27 bits per heavy atom. The van der Waals surface area contributed by atoms with Gasteiger partial charge in [0.25, 0.3) is 0 Å². The summed E-state index contributed by atoms with van der Waals surface area (Å²) >= 11 is 0. The van der Waals surface area contributed by atoms with Crippen molar-refractivity contribution in [3.63, 3.8) is 0 Å². The summed E-state index contributed by atoms with van der Waals surface area (Å²) in [6.07, 6.45) is -5.03. The largest absolute Gasteiger partial charge is 0.416 e. The molecule has 2 atom stereocenters. The van der Waals surface area contributed by atoms with Gasteiger partial charge in [0.05, 0.1) is 17.7 Å². The van der Waals surface area contributed by atoms with Crippen molar-refractivity contribution in [3.05, 3.63) is 41.3 Å². The van der Waals surface area contributed by atoms with Crippen molar-refractivity contribution in [1.29, 1.82) is 0 Å². The number of aryl methyl sites for hydroxylation is 1. The van der Waals surface area contributed by atoms with E-state index in [0.717, 1.165) is 6.07 Å². The van der Waals surface area contributed by atoms with E-state index in [9.17, 15) is 18.3 Å². The molecule has 1 N–H and O–H groups in total. The first-order chi connectivity index (χ1) is 10.4. The number of halogens is 3. The molecule has 1 aromatic carbocycles. The van der Waals surface area contributed by atoms with Crippen LogP contribution in [0, 0.1) is 6.92 Å². The lowest BCUT2D eigenvalue weighted by Gasteiger charge is -2.25. The zero-order valence-electron chi connectivity index (χ0n) is 11.7. The summed E-state index contributed by atoms with van der Waals surface area (Å²) in [5, 5.41) is 17.4. The van der Waals surface area contributed by atoms with Crippen molar-refractivity contribution in [2.24, 2.45) is 0 Å². The standard InChI is InChI=1S/C14H14F3N3O2/c1-8-18-19-13(22-8)20-7-9(21)6-12(20)10-4-2-3-5-11(10)14(15,16)17/h2-5,9,12,21H,6-7H2,1H3/t9-,12+/m1/s1. The highest BCUT2D eigenvalue weighted by molar-refractivity contribution is 5.41. The second-order valence-corrected chi connectivity index (χ2v) is 5.25. The van der Waals surface area contributed by atoms with Crippen molar-refractivity contribution in [2.75, 3.05) is 11.4 Å². The van der Waals surface area contributed by atoms with Gasteiger partial charge in [-0.1, -0.05) is 23.3 Å². The molecule has 0 radical (unpaired) electrons. The van der Waals surface area contributed by atoms with Crippen LogP contribution in [0.4, 0.5) is 19.2 Å². The van der Waals surface area contributed by atoms with E-state index in [4.69, 9.17) is 4.42 Å². The maximum atomic E-state index is 13.2. The SMILES string of the molecule is Cc1nnc(N2C[C@H](O)C[C@H]2c2ccccc2C(F)(F)F)o1. The van der Waals surface area contributed by atoms with Crippen LogP contribution in [0.2, 0.25) is 0 Å². The molecule has 1 aliphatic heterocycles. The van der Waals surface area contributed by atoms with Crippen LogP contribution in [0.1, 0.15) is 29.5 Å². The topological polar surface area (TPSA) is 62.4 Å². The Kier molecular flexibility index (Phi) is 3.56. The zero-order valence-corrected chi connectivity index (χ0v) is 11.7. The minimum absolute atomic E-state index is 0.0994. The molecule has 1 aromatic heterocycles. The summed E-state index contributed by atoms with van der Waals surface area (Å²) in [5.74, 6) is 0.319. The second kappa shape index (κ2) is 5.28. The Balaban J connectivity index is 2.03. The van der Waals surface area contributed by atoms with Gasteiger partial charge in [-0.05, 0) is 18.1 Å². The first-order valence-corrected chi connectivity index (χ1v) is 6.77. The number of aliphatic hydroxyl groups excluding tert-OH is 1. The Morgan fingerprint density at radius 2 is 2.00 bits per heavy atom. The number of hydrogen-bond donors (Lipinski definition) is 1. The number of β-amino-alcohol motifs (C(OH)–C–C–N with tert-alkyl or cyclic N) is 1. The normalized spacial score (nSPS) is 22.3. The third kappa shape index (κ3) is 2.66. The van der Waals surface area contributed by atoms with Crippen molar-refractivity contribution in [1.82, 2.24) is 10.2 Å². The molecule has 1 fully saturated rings. The van der Waals surface area contributed by atoms with Gasteiger partial charge in [-0.15, -0.1) is 5.10 Å². The first-order valence-electron chi connectivity index (χ1n) is 6.77. The molecule has 8 heteroatoms. The number of nitrogens with zero attached hydrogens (tertiary/aromatic N) is 3. The van der Waals surface area contributed by atoms with E-state index in [2.05, 4.69) is 10.2 Å². The summed E-state index contributed by atoms with van der Waals surface area (Å²) in [7, 11) is 0. The van der Waals surface area contributed by atoms with Crippen LogP contribution >= 0.6 is 0 Å². The fourth-order valence-electron chi connectivity index (χ4n) is 2.77. The number of alkyl halides is 3.